The van der Waals surface area contributed by atoms with Crippen molar-refractivity contribution in [3.05, 3.63) is 30.1 Å². The van der Waals surface area contributed by atoms with Gasteiger partial charge in [-0.15, -0.1) is 10.2 Å². The van der Waals surface area contributed by atoms with Crippen LogP contribution in [0.1, 0.15) is 6.92 Å². The molecule has 0 fully saturated rings. The van der Waals surface area contributed by atoms with Gasteiger partial charge in [-0.3, -0.25) is 14.9 Å². The van der Waals surface area contributed by atoms with Crippen molar-refractivity contribution < 1.29 is 23.5 Å². The fraction of sp³-hybridized carbons (Fsp3) is 0.286. The summed E-state index contributed by atoms with van der Waals surface area (Å²) in [4.78, 5) is 23.1. The van der Waals surface area contributed by atoms with Gasteiger partial charge in [0.15, 0.2) is 10.4 Å². The molecule has 0 aliphatic carbocycles. The molecule has 0 aliphatic rings. The number of rotatable bonds is 7. The van der Waals surface area contributed by atoms with Gasteiger partial charge in [0.1, 0.15) is 11.6 Å². The van der Waals surface area contributed by atoms with Crippen LogP contribution in [0.25, 0.3) is 0 Å². The first-order valence-corrected chi connectivity index (χ1v) is 8.54. The molecule has 24 heavy (non-hydrogen) atoms. The molecule has 1 N–H and O–H groups in total. The van der Waals surface area contributed by atoms with Crippen molar-refractivity contribution in [1.82, 2.24) is 10.2 Å². The minimum atomic E-state index is -0.800. The number of thioether (sulfide) groups is 1. The van der Waals surface area contributed by atoms with Gasteiger partial charge in [0.2, 0.25) is 5.13 Å². The van der Waals surface area contributed by atoms with Crippen molar-refractivity contribution in [2.75, 3.05) is 18.2 Å². The van der Waals surface area contributed by atoms with Gasteiger partial charge in [-0.1, -0.05) is 23.1 Å². The lowest BCUT2D eigenvalue weighted by Gasteiger charge is -2.13. The lowest BCUT2D eigenvalue weighted by Crippen LogP contribution is -2.30. The van der Waals surface area contributed by atoms with Gasteiger partial charge in [-0.25, -0.2) is 4.39 Å². The van der Waals surface area contributed by atoms with Gasteiger partial charge < -0.3 is 9.47 Å². The molecule has 0 radical (unpaired) electrons. The summed E-state index contributed by atoms with van der Waals surface area (Å²) in [6.45, 7) is 1.56. The number of carbonyl (C=O) groups is 2. The number of nitrogens with zero attached hydrogens (tertiary/aromatic N) is 2. The molecule has 128 valence electrons. The third-order valence-electron chi connectivity index (χ3n) is 2.67. The average molecular weight is 371 g/mol. The number of nitrogens with one attached hydrogen (secondary N) is 1. The quantitative estimate of drug-likeness (QED) is 0.454. The molecule has 1 heterocycles. The van der Waals surface area contributed by atoms with Crippen LogP contribution in [0.5, 0.6) is 5.75 Å². The molecule has 1 unspecified atom stereocenters. The number of amides is 1. The second-order valence-electron chi connectivity index (χ2n) is 4.44. The second kappa shape index (κ2) is 8.60. The van der Waals surface area contributed by atoms with Crippen molar-refractivity contribution in [3.8, 4) is 5.75 Å². The lowest BCUT2D eigenvalue weighted by molar-refractivity contribution is -0.137. The van der Waals surface area contributed by atoms with Crippen molar-refractivity contribution in [2.24, 2.45) is 0 Å². The number of benzene rings is 1. The molecule has 0 aliphatic heterocycles. The van der Waals surface area contributed by atoms with Crippen LogP contribution in [0.4, 0.5) is 9.52 Å². The largest absolute Gasteiger partial charge is 0.481 e. The summed E-state index contributed by atoms with van der Waals surface area (Å²) in [5.41, 5.74) is 0. The Labute approximate surface area is 145 Å². The lowest BCUT2D eigenvalue weighted by atomic mass is 10.3. The maximum Gasteiger partial charge on any atom is 0.316 e. The Bertz CT molecular complexity index is 708. The first-order chi connectivity index (χ1) is 11.5. The number of hydrogen-bond donors (Lipinski definition) is 1. The van der Waals surface area contributed by atoms with Gasteiger partial charge >= 0.3 is 5.97 Å². The third-order valence-corrected chi connectivity index (χ3v) is 4.62. The minimum Gasteiger partial charge on any atom is -0.481 e. The van der Waals surface area contributed by atoms with Crippen LogP contribution in [0, 0.1) is 5.82 Å². The van der Waals surface area contributed by atoms with E-state index in [0.29, 0.717) is 15.2 Å². The number of carbonyl (C=O) groups excluding carboxylic acids is 2. The smallest absolute Gasteiger partial charge is 0.316 e. The molecular formula is C14H14FN3O4S2. The van der Waals surface area contributed by atoms with E-state index in [0.717, 1.165) is 11.3 Å². The summed E-state index contributed by atoms with van der Waals surface area (Å²) < 4.78 is 23.3. The topological polar surface area (TPSA) is 90.4 Å². The van der Waals surface area contributed by atoms with Crippen molar-refractivity contribution in [2.45, 2.75) is 17.4 Å². The van der Waals surface area contributed by atoms with Crippen molar-refractivity contribution in [1.29, 1.82) is 0 Å². The predicted octanol–water partition coefficient (Wildman–Crippen LogP) is 2.35. The molecule has 0 saturated heterocycles. The van der Waals surface area contributed by atoms with Crippen LogP contribution in [0.3, 0.4) is 0 Å². The van der Waals surface area contributed by atoms with E-state index < -0.39 is 12.0 Å². The first kappa shape index (κ1) is 18.1. The minimum absolute atomic E-state index is 0.114. The fourth-order valence-electron chi connectivity index (χ4n) is 1.48. The molecule has 2 rings (SSSR count). The summed E-state index contributed by atoms with van der Waals surface area (Å²) in [6.07, 6.45) is -0.800. The van der Waals surface area contributed by atoms with Crippen LogP contribution >= 0.6 is 23.1 Å². The molecule has 1 aromatic carbocycles. The van der Waals surface area contributed by atoms with Gasteiger partial charge in [0, 0.05) is 0 Å². The molecule has 10 heteroatoms. The van der Waals surface area contributed by atoms with Gasteiger partial charge in [-0.05, 0) is 31.2 Å². The number of halogens is 1. The number of aromatic nitrogens is 2. The SMILES string of the molecule is COC(=O)CSc1nnc(NC(=O)C(C)Oc2ccc(F)cc2)s1. The molecule has 1 atom stereocenters. The van der Waals surface area contributed by atoms with Crippen molar-refractivity contribution in [3.63, 3.8) is 0 Å². The Morgan fingerprint density at radius 1 is 1.33 bits per heavy atom. The first-order valence-electron chi connectivity index (χ1n) is 6.74. The molecule has 0 saturated carbocycles. The zero-order valence-electron chi connectivity index (χ0n) is 12.8. The number of hydrogen-bond acceptors (Lipinski definition) is 8. The Kier molecular flexibility index (Phi) is 6.50. The third kappa shape index (κ3) is 5.46. The summed E-state index contributed by atoms with van der Waals surface area (Å²) in [5, 5.41) is 10.5. The van der Waals surface area contributed by atoms with E-state index in [1.165, 1.54) is 43.1 Å². The Morgan fingerprint density at radius 3 is 2.71 bits per heavy atom. The van der Waals surface area contributed by atoms with E-state index >= 15 is 0 Å². The zero-order valence-corrected chi connectivity index (χ0v) is 14.4. The summed E-state index contributed by atoms with van der Waals surface area (Å²) >= 11 is 2.30. The van der Waals surface area contributed by atoms with E-state index in [9.17, 15) is 14.0 Å². The van der Waals surface area contributed by atoms with Crippen LogP contribution < -0.4 is 10.1 Å². The normalized spacial score (nSPS) is 11.6. The molecule has 0 bridgehead atoms. The Balaban J connectivity index is 1.86. The van der Waals surface area contributed by atoms with E-state index in [1.54, 1.807) is 6.92 Å². The van der Waals surface area contributed by atoms with Crippen molar-refractivity contribution >= 4 is 40.1 Å². The zero-order chi connectivity index (χ0) is 17.5. The highest BCUT2D eigenvalue weighted by molar-refractivity contribution is 8.01. The summed E-state index contributed by atoms with van der Waals surface area (Å²) in [6, 6.07) is 5.36. The molecule has 2 aromatic rings. The highest BCUT2D eigenvalue weighted by Gasteiger charge is 2.17. The van der Waals surface area contributed by atoms with Crippen LogP contribution in [0.15, 0.2) is 28.6 Å². The summed E-state index contributed by atoms with van der Waals surface area (Å²) in [5.74, 6) is -0.679. The van der Waals surface area contributed by atoms with Crippen LogP contribution in [0.2, 0.25) is 0 Å². The monoisotopic (exact) mass is 371 g/mol. The standard InChI is InChI=1S/C14H14FN3O4S2/c1-8(22-10-5-3-9(15)4-6-10)12(20)16-13-17-18-14(24-13)23-7-11(19)21-2/h3-6,8H,7H2,1-2H3,(H,16,17,20). The van der Waals surface area contributed by atoms with Gasteiger partial charge in [0.05, 0.1) is 12.9 Å². The molecule has 0 spiro atoms. The summed E-state index contributed by atoms with van der Waals surface area (Å²) in [7, 11) is 1.30. The van der Waals surface area contributed by atoms with Gasteiger partial charge in [0.25, 0.3) is 5.91 Å². The number of esters is 1. The highest BCUT2D eigenvalue weighted by atomic mass is 32.2. The number of anilines is 1. The number of ether oxygens (including phenoxy) is 2. The molecule has 1 aromatic heterocycles. The van der Waals surface area contributed by atoms with Crippen LogP contribution in [-0.4, -0.2) is 41.0 Å². The molecule has 1 amide bonds. The van der Waals surface area contributed by atoms with E-state index in [2.05, 4.69) is 20.3 Å². The Hall–Kier alpha value is -2.20. The van der Waals surface area contributed by atoms with E-state index in [1.807, 2.05) is 0 Å². The average Bonchev–Trinajstić information content (AvgIpc) is 3.02. The number of methoxy groups -OCH3 is 1. The fourth-order valence-corrected chi connectivity index (χ4v) is 3.06. The highest BCUT2D eigenvalue weighted by Crippen LogP contribution is 2.25. The van der Waals surface area contributed by atoms with E-state index in [4.69, 9.17) is 4.74 Å². The maximum atomic E-state index is 12.8. The maximum absolute atomic E-state index is 12.8. The second-order valence-corrected chi connectivity index (χ2v) is 6.64. The van der Waals surface area contributed by atoms with Gasteiger partial charge in [-0.2, -0.15) is 0 Å². The van der Waals surface area contributed by atoms with Crippen LogP contribution in [-0.2, 0) is 14.3 Å². The Morgan fingerprint density at radius 2 is 2.04 bits per heavy atom. The molecule has 7 nitrogen and oxygen atoms in total. The van der Waals surface area contributed by atoms with E-state index in [-0.39, 0.29) is 17.5 Å². The predicted molar refractivity (Wildman–Crippen MR) is 87.8 cm³/mol. The molecular weight excluding hydrogens is 357 g/mol.